The van der Waals surface area contributed by atoms with Crippen LogP contribution in [0.25, 0.3) is 21.8 Å². The van der Waals surface area contributed by atoms with Crippen molar-refractivity contribution in [1.29, 1.82) is 0 Å². The summed E-state index contributed by atoms with van der Waals surface area (Å²) < 4.78 is 0. The minimum Gasteiger partial charge on any atom is -0.348 e. The van der Waals surface area contributed by atoms with E-state index in [0.717, 1.165) is 32.3 Å². The van der Waals surface area contributed by atoms with Gasteiger partial charge in [-0.3, -0.25) is 14.9 Å². The molecule has 0 fully saturated rings. The molecule has 2 aromatic carbocycles. The number of pyridine rings is 1. The van der Waals surface area contributed by atoms with E-state index in [1.54, 1.807) is 34.0 Å². The summed E-state index contributed by atoms with van der Waals surface area (Å²) in [4.78, 5) is 18.3. The minimum atomic E-state index is -0.101. The van der Waals surface area contributed by atoms with Crippen molar-refractivity contribution in [1.82, 2.24) is 20.5 Å². The summed E-state index contributed by atoms with van der Waals surface area (Å²) in [5, 5.41) is 11.9. The lowest BCUT2D eigenvalue weighted by molar-refractivity contribution is 0.0952. The van der Waals surface area contributed by atoms with Gasteiger partial charge in [0.25, 0.3) is 5.91 Å². The maximum absolute atomic E-state index is 12.7. The van der Waals surface area contributed by atoms with Crippen LogP contribution in [0, 0.1) is 0 Å². The summed E-state index contributed by atoms with van der Waals surface area (Å²) >= 11 is 0. The van der Waals surface area contributed by atoms with Gasteiger partial charge in [0.2, 0.25) is 0 Å². The van der Waals surface area contributed by atoms with E-state index < -0.39 is 0 Å². The molecule has 0 saturated heterocycles. The molecular weight excluding hydrogens is 364 g/mol. The minimum absolute atomic E-state index is 0.101. The highest BCUT2D eigenvalue weighted by Crippen LogP contribution is 2.34. The quantitative estimate of drug-likeness (QED) is 0.502. The number of benzene rings is 2. The number of carbonyl (C=O) groups is 1. The summed E-state index contributed by atoms with van der Waals surface area (Å²) in [7, 11) is 3.31. The van der Waals surface area contributed by atoms with Gasteiger partial charge in [-0.15, -0.1) is 0 Å². The standard InChI is InChI=1S/C19H16N4OS2/c1-25-26-17-7-5-15(14-3-2-8-20-18(14)17)19(24)21-10-12-4-6-16-13(9-12)11-22-23-16/h2-9,11H,10H2,1H3,(H,21,24)(H,22,23). The predicted molar refractivity (Wildman–Crippen MR) is 108 cm³/mol. The van der Waals surface area contributed by atoms with Crippen LogP contribution in [0.5, 0.6) is 0 Å². The number of nitrogens with zero attached hydrogens (tertiary/aromatic N) is 2. The first-order valence-corrected chi connectivity index (χ1v) is 10.6. The van der Waals surface area contributed by atoms with Crippen molar-refractivity contribution in [3.8, 4) is 0 Å². The molecule has 1 amide bonds. The Balaban J connectivity index is 1.58. The third-order valence-electron chi connectivity index (χ3n) is 4.11. The van der Waals surface area contributed by atoms with Gasteiger partial charge < -0.3 is 5.32 Å². The Morgan fingerprint density at radius 3 is 3.04 bits per heavy atom. The first kappa shape index (κ1) is 16.9. The van der Waals surface area contributed by atoms with Gasteiger partial charge in [-0.25, -0.2) is 0 Å². The molecule has 2 heterocycles. The Kier molecular flexibility index (Phi) is 4.81. The summed E-state index contributed by atoms with van der Waals surface area (Å²) in [5.74, 6) is -0.101. The van der Waals surface area contributed by atoms with Crippen molar-refractivity contribution in [3.63, 3.8) is 0 Å². The van der Waals surface area contributed by atoms with E-state index in [1.807, 2.05) is 48.7 Å². The van der Waals surface area contributed by atoms with Crippen LogP contribution < -0.4 is 5.32 Å². The van der Waals surface area contributed by atoms with Crippen molar-refractivity contribution >= 4 is 49.3 Å². The second-order valence-electron chi connectivity index (χ2n) is 5.74. The molecule has 0 radical (unpaired) electrons. The van der Waals surface area contributed by atoms with E-state index in [9.17, 15) is 4.79 Å². The Labute approximate surface area is 158 Å². The lowest BCUT2D eigenvalue weighted by Gasteiger charge is -2.10. The van der Waals surface area contributed by atoms with E-state index >= 15 is 0 Å². The van der Waals surface area contributed by atoms with Gasteiger partial charge >= 0.3 is 0 Å². The number of aromatic amines is 1. The topological polar surface area (TPSA) is 70.7 Å². The highest BCUT2D eigenvalue weighted by atomic mass is 33.1. The molecule has 0 aliphatic rings. The van der Waals surface area contributed by atoms with E-state index in [1.165, 1.54) is 0 Å². The maximum atomic E-state index is 12.7. The fourth-order valence-corrected chi connectivity index (χ4v) is 4.37. The number of hydrogen-bond donors (Lipinski definition) is 2. The Morgan fingerprint density at radius 2 is 2.15 bits per heavy atom. The van der Waals surface area contributed by atoms with Gasteiger partial charge in [0.1, 0.15) is 0 Å². The van der Waals surface area contributed by atoms with Crippen molar-refractivity contribution in [2.24, 2.45) is 0 Å². The van der Waals surface area contributed by atoms with Gasteiger partial charge in [-0.1, -0.05) is 33.7 Å². The summed E-state index contributed by atoms with van der Waals surface area (Å²) in [6.45, 7) is 0.461. The Morgan fingerprint density at radius 1 is 1.23 bits per heavy atom. The molecule has 4 rings (SSSR count). The molecule has 0 aliphatic heterocycles. The number of carbonyl (C=O) groups excluding carboxylic acids is 1. The van der Waals surface area contributed by atoms with Crippen LogP contribution in [-0.4, -0.2) is 27.3 Å². The number of H-pyrrole nitrogens is 1. The van der Waals surface area contributed by atoms with E-state index in [2.05, 4.69) is 20.5 Å². The molecule has 5 nitrogen and oxygen atoms in total. The molecule has 0 spiro atoms. The number of amides is 1. The fourth-order valence-electron chi connectivity index (χ4n) is 2.88. The van der Waals surface area contributed by atoms with Gasteiger partial charge in [0, 0.05) is 34.0 Å². The average molecular weight is 380 g/mol. The Hall–Kier alpha value is -2.51. The van der Waals surface area contributed by atoms with Gasteiger partial charge in [0.05, 0.1) is 17.2 Å². The lowest BCUT2D eigenvalue weighted by Crippen LogP contribution is -2.23. The normalized spacial score (nSPS) is 11.1. The van der Waals surface area contributed by atoms with Crippen LogP contribution in [0.15, 0.2) is 59.8 Å². The number of aromatic nitrogens is 3. The molecule has 4 aromatic rings. The first-order valence-electron chi connectivity index (χ1n) is 8.05. The van der Waals surface area contributed by atoms with Gasteiger partial charge in [0.15, 0.2) is 0 Å². The molecule has 0 bridgehead atoms. The van der Waals surface area contributed by atoms with Gasteiger partial charge in [-0.05, 0) is 42.2 Å². The summed E-state index contributed by atoms with van der Waals surface area (Å²) in [6.07, 6.45) is 5.56. The second-order valence-corrected chi connectivity index (χ2v) is 8.17. The van der Waals surface area contributed by atoms with Crippen molar-refractivity contribution < 1.29 is 4.79 Å². The molecule has 0 saturated carbocycles. The number of hydrogen-bond acceptors (Lipinski definition) is 5. The number of nitrogens with one attached hydrogen (secondary N) is 2. The van der Waals surface area contributed by atoms with Crippen molar-refractivity contribution in [3.05, 3.63) is 66.0 Å². The van der Waals surface area contributed by atoms with E-state index in [-0.39, 0.29) is 5.91 Å². The molecular formula is C19H16N4OS2. The fraction of sp³-hybridized carbons (Fsp3) is 0.105. The van der Waals surface area contributed by atoms with Crippen molar-refractivity contribution in [2.45, 2.75) is 11.4 Å². The van der Waals surface area contributed by atoms with E-state index in [0.29, 0.717) is 12.1 Å². The van der Waals surface area contributed by atoms with Crippen LogP contribution >= 0.6 is 21.6 Å². The number of rotatable bonds is 5. The third kappa shape index (κ3) is 3.27. The highest BCUT2D eigenvalue weighted by Gasteiger charge is 2.13. The number of fused-ring (bicyclic) bond motifs is 2. The highest BCUT2D eigenvalue weighted by molar-refractivity contribution is 8.76. The van der Waals surface area contributed by atoms with Crippen molar-refractivity contribution in [2.75, 3.05) is 6.26 Å². The van der Waals surface area contributed by atoms with Crippen LogP contribution in [0.4, 0.5) is 0 Å². The van der Waals surface area contributed by atoms with Crippen LogP contribution in [-0.2, 0) is 6.54 Å². The molecule has 2 aromatic heterocycles. The molecule has 0 aliphatic carbocycles. The van der Waals surface area contributed by atoms with Crippen LogP contribution in [0.1, 0.15) is 15.9 Å². The molecule has 0 unspecified atom stereocenters. The zero-order valence-corrected chi connectivity index (χ0v) is 15.7. The van der Waals surface area contributed by atoms with Crippen LogP contribution in [0.3, 0.4) is 0 Å². The monoisotopic (exact) mass is 380 g/mol. The zero-order valence-electron chi connectivity index (χ0n) is 14.0. The third-order valence-corrected chi connectivity index (χ3v) is 5.82. The molecule has 7 heteroatoms. The molecule has 130 valence electrons. The lowest BCUT2D eigenvalue weighted by atomic mass is 10.1. The second kappa shape index (κ2) is 7.39. The average Bonchev–Trinajstić information content (AvgIpc) is 3.14. The SMILES string of the molecule is CSSc1ccc(C(=O)NCc2ccc3[nH]ncc3c2)c2cccnc12. The largest absolute Gasteiger partial charge is 0.348 e. The molecule has 26 heavy (non-hydrogen) atoms. The smallest absolute Gasteiger partial charge is 0.252 e. The van der Waals surface area contributed by atoms with Crippen LogP contribution in [0.2, 0.25) is 0 Å². The predicted octanol–water partition coefficient (Wildman–Crippen LogP) is 4.41. The first-order chi connectivity index (χ1) is 12.8. The van der Waals surface area contributed by atoms with Gasteiger partial charge in [-0.2, -0.15) is 5.10 Å². The molecule has 2 N–H and O–H groups in total. The summed E-state index contributed by atoms with van der Waals surface area (Å²) in [5.41, 5.74) is 3.52. The van der Waals surface area contributed by atoms with E-state index in [4.69, 9.17) is 0 Å². The Bertz CT molecular complexity index is 1090. The maximum Gasteiger partial charge on any atom is 0.252 e. The summed E-state index contributed by atoms with van der Waals surface area (Å²) in [6, 6.07) is 13.6. The zero-order chi connectivity index (χ0) is 17.9. The molecule has 0 atom stereocenters.